The number of aromatic nitrogens is 4. The minimum absolute atomic E-state index is 0.322. The molecule has 0 spiro atoms. The predicted octanol–water partition coefficient (Wildman–Crippen LogP) is 1.86. The highest BCUT2D eigenvalue weighted by atomic mass is 19.1. The lowest BCUT2D eigenvalue weighted by atomic mass is 10.2. The van der Waals surface area contributed by atoms with Crippen molar-refractivity contribution < 1.29 is 4.39 Å². The van der Waals surface area contributed by atoms with Gasteiger partial charge < -0.3 is 5.32 Å². The van der Waals surface area contributed by atoms with Gasteiger partial charge in [-0.25, -0.2) is 4.39 Å². The highest BCUT2D eigenvalue weighted by Gasteiger charge is 2.14. The van der Waals surface area contributed by atoms with Gasteiger partial charge in [0.2, 0.25) is 0 Å². The van der Waals surface area contributed by atoms with E-state index in [1.807, 2.05) is 13.0 Å². The van der Waals surface area contributed by atoms with E-state index < -0.39 is 0 Å². The van der Waals surface area contributed by atoms with Crippen LogP contribution in [0.4, 0.5) is 4.39 Å². The quantitative estimate of drug-likeness (QED) is 0.894. The van der Waals surface area contributed by atoms with Gasteiger partial charge in [0, 0.05) is 0 Å². The second kappa shape index (κ2) is 5.88. The molecular weight excluding hydrogens is 245 g/mol. The van der Waals surface area contributed by atoms with Crippen LogP contribution in [0.1, 0.15) is 25.2 Å². The van der Waals surface area contributed by atoms with E-state index in [-0.39, 0.29) is 5.82 Å². The minimum Gasteiger partial charge on any atom is -0.310 e. The number of rotatable bonds is 5. The van der Waals surface area contributed by atoms with Crippen molar-refractivity contribution in [3.63, 3.8) is 0 Å². The van der Waals surface area contributed by atoms with Crippen LogP contribution < -0.4 is 5.32 Å². The van der Waals surface area contributed by atoms with E-state index in [1.54, 1.807) is 6.07 Å². The van der Waals surface area contributed by atoms with Crippen molar-refractivity contribution in [2.75, 3.05) is 6.54 Å². The third kappa shape index (κ3) is 3.14. The SMILES string of the molecule is Cc1cccc(F)c1-n1nnnc1CNCC(C)C. The number of halogens is 1. The topological polar surface area (TPSA) is 55.6 Å². The van der Waals surface area contributed by atoms with E-state index in [0.717, 1.165) is 12.1 Å². The number of tetrazole rings is 1. The molecular formula is C13H18FN5. The van der Waals surface area contributed by atoms with Gasteiger partial charge in [-0.1, -0.05) is 26.0 Å². The lowest BCUT2D eigenvalue weighted by molar-refractivity contribution is 0.534. The van der Waals surface area contributed by atoms with E-state index in [4.69, 9.17) is 0 Å². The molecule has 1 heterocycles. The highest BCUT2D eigenvalue weighted by molar-refractivity contribution is 5.41. The predicted molar refractivity (Wildman–Crippen MR) is 70.4 cm³/mol. The average Bonchev–Trinajstić information content (AvgIpc) is 2.77. The minimum atomic E-state index is -0.322. The molecule has 2 aromatic rings. The van der Waals surface area contributed by atoms with Crippen LogP contribution in [-0.2, 0) is 6.54 Å². The normalized spacial score (nSPS) is 11.2. The second-order valence-electron chi connectivity index (χ2n) is 4.94. The van der Waals surface area contributed by atoms with Crippen LogP contribution in [0.5, 0.6) is 0 Å². The first-order valence-electron chi connectivity index (χ1n) is 6.33. The molecule has 5 nitrogen and oxygen atoms in total. The molecule has 0 atom stereocenters. The van der Waals surface area contributed by atoms with Crippen molar-refractivity contribution >= 4 is 0 Å². The first-order chi connectivity index (χ1) is 9.09. The van der Waals surface area contributed by atoms with Gasteiger partial charge in [-0.15, -0.1) is 5.10 Å². The zero-order chi connectivity index (χ0) is 13.8. The second-order valence-corrected chi connectivity index (χ2v) is 4.94. The summed E-state index contributed by atoms with van der Waals surface area (Å²) in [7, 11) is 0. The van der Waals surface area contributed by atoms with Gasteiger partial charge in [-0.2, -0.15) is 4.68 Å². The third-order valence-electron chi connectivity index (χ3n) is 2.77. The number of para-hydroxylation sites is 1. The van der Waals surface area contributed by atoms with Crippen molar-refractivity contribution in [2.24, 2.45) is 5.92 Å². The Balaban J connectivity index is 2.24. The number of nitrogens with one attached hydrogen (secondary N) is 1. The lowest BCUT2D eigenvalue weighted by Gasteiger charge is -2.10. The van der Waals surface area contributed by atoms with Gasteiger partial charge in [0.25, 0.3) is 0 Å². The summed E-state index contributed by atoms with van der Waals surface area (Å²) in [5.41, 5.74) is 1.21. The number of aryl methyl sites for hydroxylation is 1. The number of nitrogens with zero attached hydrogens (tertiary/aromatic N) is 4. The molecule has 1 aromatic heterocycles. The maximum atomic E-state index is 13.9. The summed E-state index contributed by atoms with van der Waals surface area (Å²) in [4.78, 5) is 0. The molecule has 2 rings (SSSR count). The van der Waals surface area contributed by atoms with Gasteiger partial charge in [-0.05, 0) is 41.4 Å². The number of hydrogen-bond acceptors (Lipinski definition) is 4. The highest BCUT2D eigenvalue weighted by Crippen LogP contribution is 2.17. The van der Waals surface area contributed by atoms with Crippen molar-refractivity contribution in [3.05, 3.63) is 35.4 Å². The van der Waals surface area contributed by atoms with Crippen molar-refractivity contribution in [2.45, 2.75) is 27.3 Å². The van der Waals surface area contributed by atoms with Crippen molar-refractivity contribution in [3.8, 4) is 5.69 Å². The molecule has 0 unspecified atom stereocenters. The smallest absolute Gasteiger partial charge is 0.170 e. The van der Waals surface area contributed by atoms with Gasteiger partial charge >= 0.3 is 0 Å². The van der Waals surface area contributed by atoms with Gasteiger partial charge in [-0.3, -0.25) is 0 Å². The summed E-state index contributed by atoms with van der Waals surface area (Å²) in [5.74, 6) is 0.825. The van der Waals surface area contributed by atoms with E-state index in [0.29, 0.717) is 24.0 Å². The summed E-state index contributed by atoms with van der Waals surface area (Å²) < 4.78 is 15.4. The Hall–Kier alpha value is -1.82. The molecule has 102 valence electrons. The van der Waals surface area contributed by atoms with Gasteiger partial charge in [0.05, 0.1) is 6.54 Å². The molecule has 0 radical (unpaired) electrons. The molecule has 0 amide bonds. The van der Waals surface area contributed by atoms with E-state index >= 15 is 0 Å². The maximum Gasteiger partial charge on any atom is 0.170 e. The Kier molecular flexibility index (Phi) is 4.21. The summed E-state index contributed by atoms with van der Waals surface area (Å²) in [6.07, 6.45) is 0. The Labute approximate surface area is 111 Å². The molecule has 0 fully saturated rings. The first kappa shape index (κ1) is 13.6. The zero-order valence-corrected chi connectivity index (χ0v) is 11.4. The van der Waals surface area contributed by atoms with Crippen LogP contribution in [0.25, 0.3) is 5.69 Å². The van der Waals surface area contributed by atoms with Crippen LogP contribution in [0, 0.1) is 18.7 Å². The molecule has 0 aliphatic rings. The fourth-order valence-corrected chi connectivity index (χ4v) is 1.85. The van der Waals surface area contributed by atoms with Crippen LogP contribution in [-0.4, -0.2) is 26.8 Å². The van der Waals surface area contributed by atoms with Crippen molar-refractivity contribution in [1.29, 1.82) is 0 Å². The molecule has 0 saturated heterocycles. The Morgan fingerprint density at radius 2 is 2.16 bits per heavy atom. The Morgan fingerprint density at radius 3 is 2.84 bits per heavy atom. The molecule has 0 aliphatic carbocycles. The maximum absolute atomic E-state index is 13.9. The van der Waals surface area contributed by atoms with E-state index in [9.17, 15) is 4.39 Å². The third-order valence-corrected chi connectivity index (χ3v) is 2.77. The monoisotopic (exact) mass is 263 g/mol. The summed E-state index contributed by atoms with van der Waals surface area (Å²) in [6.45, 7) is 7.46. The molecule has 0 saturated carbocycles. The summed E-state index contributed by atoms with van der Waals surface area (Å²) in [5, 5.41) is 14.7. The van der Waals surface area contributed by atoms with Crippen LogP contribution in [0.2, 0.25) is 0 Å². The lowest BCUT2D eigenvalue weighted by Crippen LogP contribution is -2.21. The molecule has 1 aromatic carbocycles. The average molecular weight is 263 g/mol. The molecule has 0 aliphatic heterocycles. The molecule has 19 heavy (non-hydrogen) atoms. The van der Waals surface area contributed by atoms with E-state index in [2.05, 4.69) is 34.7 Å². The van der Waals surface area contributed by atoms with E-state index in [1.165, 1.54) is 10.7 Å². The molecule has 6 heteroatoms. The number of benzene rings is 1. The summed E-state index contributed by atoms with van der Waals surface area (Å²) >= 11 is 0. The van der Waals surface area contributed by atoms with Crippen LogP contribution in [0.3, 0.4) is 0 Å². The van der Waals surface area contributed by atoms with Crippen LogP contribution in [0.15, 0.2) is 18.2 Å². The van der Waals surface area contributed by atoms with Gasteiger partial charge in [0.1, 0.15) is 11.5 Å². The molecule has 1 N–H and O–H groups in total. The standard InChI is InChI=1S/C13H18FN5/c1-9(2)7-15-8-12-16-17-18-19(12)13-10(3)5-4-6-11(13)14/h4-6,9,15H,7-8H2,1-3H3. The molecule has 0 bridgehead atoms. The zero-order valence-electron chi connectivity index (χ0n) is 11.4. The Morgan fingerprint density at radius 1 is 1.37 bits per heavy atom. The summed E-state index contributed by atoms with van der Waals surface area (Å²) in [6, 6.07) is 4.93. The fourth-order valence-electron chi connectivity index (χ4n) is 1.85. The fraction of sp³-hybridized carbons (Fsp3) is 0.462. The van der Waals surface area contributed by atoms with Gasteiger partial charge in [0.15, 0.2) is 5.82 Å². The van der Waals surface area contributed by atoms with Crippen LogP contribution >= 0.6 is 0 Å². The number of hydrogen-bond donors (Lipinski definition) is 1. The van der Waals surface area contributed by atoms with Crippen molar-refractivity contribution in [1.82, 2.24) is 25.5 Å². The largest absolute Gasteiger partial charge is 0.310 e. The first-order valence-corrected chi connectivity index (χ1v) is 6.33. The Bertz CT molecular complexity index is 529.